The zero-order valence-electron chi connectivity index (χ0n) is 28.0. The van der Waals surface area contributed by atoms with E-state index in [1.54, 1.807) is 0 Å². The summed E-state index contributed by atoms with van der Waals surface area (Å²) in [4.78, 5) is 4.84. The molecule has 3 heteroatoms. The molecule has 238 valence electrons. The van der Waals surface area contributed by atoms with E-state index < -0.39 is 0 Å². The minimum atomic E-state index is 1.06. The molecule has 1 aliphatic carbocycles. The lowest BCUT2D eigenvalue weighted by Gasteiger charge is -2.15. The van der Waals surface area contributed by atoms with E-state index in [-0.39, 0.29) is 0 Å². The number of allylic oxidation sites excluding steroid dienone is 1. The summed E-state index contributed by atoms with van der Waals surface area (Å²) < 4.78 is 4.85. The number of rotatable bonds is 3. The Kier molecular flexibility index (Phi) is 5.88. The van der Waals surface area contributed by atoms with Gasteiger partial charge in [0.05, 0.1) is 33.4 Å². The Balaban J connectivity index is 1.17. The Morgan fingerprint density at radius 3 is 1.92 bits per heavy atom. The molecular formula is C48H31N3. The van der Waals surface area contributed by atoms with Gasteiger partial charge in [0.2, 0.25) is 0 Å². The highest BCUT2D eigenvalue weighted by Gasteiger charge is 2.28. The van der Waals surface area contributed by atoms with Crippen molar-refractivity contribution in [2.45, 2.75) is 6.92 Å². The third-order valence-corrected chi connectivity index (χ3v) is 10.8. The van der Waals surface area contributed by atoms with E-state index in [1.807, 2.05) is 12.3 Å². The van der Waals surface area contributed by atoms with E-state index in [9.17, 15) is 0 Å². The van der Waals surface area contributed by atoms with Crippen LogP contribution in [0, 0.1) is 0 Å². The Bertz CT molecular complexity index is 3080. The molecule has 11 rings (SSSR count). The van der Waals surface area contributed by atoms with Crippen molar-refractivity contribution in [3.05, 3.63) is 181 Å². The predicted octanol–water partition coefficient (Wildman–Crippen LogP) is 12.5. The van der Waals surface area contributed by atoms with E-state index in [0.29, 0.717) is 0 Å². The van der Waals surface area contributed by atoms with Crippen LogP contribution >= 0.6 is 0 Å². The lowest BCUT2D eigenvalue weighted by atomic mass is 10.00. The van der Waals surface area contributed by atoms with Gasteiger partial charge in [-0.25, -0.2) is 0 Å². The van der Waals surface area contributed by atoms with Gasteiger partial charge in [0.25, 0.3) is 0 Å². The first-order valence-corrected chi connectivity index (χ1v) is 17.6. The molecule has 7 aromatic carbocycles. The van der Waals surface area contributed by atoms with E-state index >= 15 is 0 Å². The van der Waals surface area contributed by atoms with Crippen LogP contribution in [0.3, 0.4) is 0 Å². The first kappa shape index (κ1) is 28.2. The second kappa shape index (κ2) is 10.6. The molecule has 0 unspecified atom stereocenters. The summed E-state index contributed by atoms with van der Waals surface area (Å²) in [6.07, 6.45) is 4.14. The van der Waals surface area contributed by atoms with Crippen molar-refractivity contribution in [1.82, 2.24) is 14.1 Å². The molecule has 0 spiro atoms. The highest BCUT2D eigenvalue weighted by Crippen LogP contribution is 2.48. The highest BCUT2D eigenvalue weighted by molar-refractivity contribution is 6.16. The molecule has 0 aliphatic heterocycles. The molecule has 0 fully saturated rings. The third kappa shape index (κ3) is 3.97. The second-order valence-electron chi connectivity index (χ2n) is 13.5. The Morgan fingerprint density at radius 2 is 1.12 bits per heavy atom. The molecule has 3 nitrogen and oxygen atoms in total. The fourth-order valence-corrected chi connectivity index (χ4v) is 8.63. The molecule has 3 aromatic heterocycles. The lowest BCUT2D eigenvalue weighted by molar-refractivity contribution is 1.17. The molecule has 1 aliphatic rings. The van der Waals surface area contributed by atoms with Crippen LogP contribution in [-0.2, 0) is 0 Å². The van der Waals surface area contributed by atoms with Crippen LogP contribution in [0.4, 0.5) is 0 Å². The molecule has 0 saturated carbocycles. The normalized spacial score (nSPS) is 13.2. The van der Waals surface area contributed by atoms with Gasteiger partial charge >= 0.3 is 0 Å². The molecule has 0 radical (unpaired) electrons. The summed E-state index contributed by atoms with van der Waals surface area (Å²) >= 11 is 0. The van der Waals surface area contributed by atoms with Crippen LogP contribution in [0.25, 0.3) is 93.7 Å². The van der Waals surface area contributed by atoms with Crippen LogP contribution in [0.1, 0.15) is 18.1 Å². The molecule has 0 bridgehead atoms. The fourth-order valence-electron chi connectivity index (χ4n) is 8.63. The number of pyridine rings is 1. The summed E-state index contributed by atoms with van der Waals surface area (Å²) in [5, 5.41) is 7.49. The molecule has 3 heterocycles. The third-order valence-electron chi connectivity index (χ3n) is 10.8. The quantitative estimate of drug-likeness (QED) is 0.187. The zero-order valence-corrected chi connectivity index (χ0v) is 28.0. The molecule has 0 saturated heterocycles. The van der Waals surface area contributed by atoms with Crippen molar-refractivity contribution in [3.63, 3.8) is 0 Å². The summed E-state index contributed by atoms with van der Waals surface area (Å²) in [6.45, 7) is 2.14. The van der Waals surface area contributed by atoms with Gasteiger partial charge in [-0.15, -0.1) is 0 Å². The summed E-state index contributed by atoms with van der Waals surface area (Å²) in [5.74, 6) is 0. The Labute approximate surface area is 295 Å². The van der Waals surface area contributed by atoms with Gasteiger partial charge in [-0.05, 0) is 101 Å². The number of aromatic nitrogens is 3. The van der Waals surface area contributed by atoms with Crippen molar-refractivity contribution >= 4 is 60.0 Å². The first-order chi connectivity index (χ1) is 25.3. The molecular weight excluding hydrogens is 619 g/mol. The average Bonchev–Trinajstić information content (AvgIpc) is 3.82. The van der Waals surface area contributed by atoms with Gasteiger partial charge in [0, 0.05) is 50.1 Å². The first-order valence-electron chi connectivity index (χ1n) is 17.6. The van der Waals surface area contributed by atoms with Gasteiger partial charge in [-0.3, -0.25) is 4.98 Å². The fraction of sp³-hybridized carbons (Fsp3) is 0.0208. The van der Waals surface area contributed by atoms with Crippen molar-refractivity contribution in [2.24, 2.45) is 0 Å². The monoisotopic (exact) mass is 649 g/mol. The van der Waals surface area contributed by atoms with E-state index in [0.717, 1.165) is 5.69 Å². The largest absolute Gasteiger partial charge is 0.309 e. The maximum atomic E-state index is 4.84. The van der Waals surface area contributed by atoms with Gasteiger partial charge in [-0.1, -0.05) is 97.1 Å². The van der Waals surface area contributed by atoms with Crippen molar-refractivity contribution < 1.29 is 0 Å². The number of hydrogen-bond donors (Lipinski definition) is 0. The van der Waals surface area contributed by atoms with Crippen molar-refractivity contribution in [1.29, 1.82) is 0 Å². The molecule has 0 N–H and O–H groups in total. The lowest BCUT2D eigenvalue weighted by Crippen LogP contribution is -1.99. The number of nitrogens with zero attached hydrogens (tertiary/aromatic N) is 3. The maximum absolute atomic E-state index is 4.84. The topological polar surface area (TPSA) is 22.8 Å². The SMILES string of the molecule is C/C=C1/c2cccnc2-c2cccc(-n3c4ccc(-c5ccc6c(c5)c5ccccc5n6-c5ccccc5)cc4c4cc5ccccc5cc43)c21. The number of benzene rings is 7. The van der Waals surface area contributed by atoms with Gasteiger partial charge < -0.3 is 9.13 Å². The van der Waals surface area contributed by atoms with Crippen molar-refractivity contribution in [3.8, 4) is 33.8 Å². The smallest absolute Gasteiger partial charge is 0.0787 e. The molecule has 51 heavy (non-hydrogen) atoms. The molecule has 0 amide bonds. The average molecular weight is 650 g/mol. The van der Waals surface area contributed by atoms with E-state index in [2.05, 4.69) is 174 Å². The highest BCUT2D eigenvalue weighted by atomic mass is 15.0. The van der Waals surface area contributed by atoms with Gasteiger partial charge in [0.15, 0.2) is 0 Å². The minimum absolute atomic E-state index is 1.06. The Morgan fingerprint density at radius 1 is 0.471 bits per heavy atom. The van der Waals surface area contributed by atoms with Gasteiger partial charge in [0.1, 0.15) is 0 Å². The maximum Gasteiger partial charge on any atom is 0.0787 e. The van der Waals surface area contributed by atoms with Gasteiger partial charge in [-0.2, -0.15) is 0 Å². The van der Waals surface area contributed by atoms with Crippen LogP contribution in [0.2, 0.25) is 0 Å². The van der Waals surface area contributed by atoms with Crippen LogP contribution in [-0.4, -0.2) is 14.1 Å². The predicted molar refractivity (Wildman–Crippen MR) is 214 cm³/mol. The number of para-hydroxylation sites is 2. The van der Waals surface area contributed by atoms with Crippen LogP contribution in [0.5, 0.6) is 0 Å². The standard InChI is InChI=1S/C48H31N3/c1-2-35-37-18-11-25-49-48(37)38-17-10-20-45(47(35)38)51-44-24-22-33(28-40(44)41-26-30-12-6-7-13-31(30)29-46(41)51)32-21-23-43-39(27-32)36-16-8-9-19-42(36)50(43)34-14-4-3-5-15-34/h2-29H,1H3/b35-2-. The summed E-state index contributed by atoms with van der Waals surface area (Å²) in [6, 6.07) is 57.7. The minimum Gasteiger partial charge on any atom is -0.309 e. The molecule has 10 aromatic rings. The van der Waals surface area contributed by atoms with E-state index in [1.165, 1.54) is 99.1 Å². The summed E-state index contributed by atoms with van der Waals surface area (Å²) in [7, 11) is 0. The number of fused-ring (bicyclic) bond motifs is 10. The Hall–Kier alpha value is -6.71. The summed E-state index contributed by atoms with van der Waals surface area (Å²) in [5.41, 5.74) is 15.5. The second-order valence-corrected chi connectivity index (χ2v) is 13.5. The van der Waals surface area contributed by atoms with Crippen LogP contribution in [0.15, 0.2) is 170 Å². The van der Waals surface area contributed by atoms with E-state index in [4.69, 9.17) is 4.98 Å². The number of hydrogen-bond acceptors (Lipinski definition) is 1. The zero-order chi connectivity index (χ0) is 33.6. The van der Waals surface area contributed by atoms with Crippen molar-refractivity contribution in [2.75, 3.05) is 0 Å². The van der Waals surface area contributed by atoms with Crippen LogP contribution < -0.4 is 0 Å². The molecule has 0 atom stereocenters.